The minimum atomic E-state index is -1.43. The molecule has 31 heteroatoms. The Hall–Kier alpha value is -13.9. The number of ether oxygens (including phenoxy) is 1. The molecule has 10 amide bonds. The van der Waals surface area contributed by atoms with Crippen molar-refractivity contribution in [3.63, 3.8) is 0 Å². The zero-order chi connectivity index (χ0) is 90.0. The van der Waals surface area contributed by atoms with Crippen LogP contribution in [-0.4, -0.2) is 205 Å². The van der Waals surface area contributed by atoms with Crippen LogP contribution in [0.15, 0.2) is 201 Å². The van der Waals surface area contributed by atoms with E-state index < -0.39 is 126 Å². The van der Waals surface area contributed by atoms with E-state index in [0.29, 0.717) is 79.2 Å². The summed E-state index contributed by atoms with van der Waals surface area (Å²) in [5, 5.41) is 37.7. The Kier molecular flexibility index (Phi) is 29.4. The third-order valence-corrected chi connectivity index (χ3v) is 25.3. The molecule has 7 heterocycles. The molecule has 15 rings (SSSR count). The number of unbranched alkanes of at least 4 members (excludes halogenated alkanes) is 3. The number of alkyl carbamates (subject to hydrolysis) is 1. The number of aromatic nitrogens is 5. The second kappa shape index (κ2) is 42.1. The molecule has 0 radical (unpaired) electrons. The number of aliphatic carboxylic acids is 1. The van der Waals surface area contributed by atoms with E-state index in [-0.39, 0.29) is 109 Å². The first-order valence-electron chi connectivity index (χ1n) is 44.7. The molecule has 0 unspecified atom stereocenters. The highest BCUT2D eigenvalue weighted by Gasteiger charge is 2.46. The molecule has 2 fully saturated rings. The van der Waals surface area contributed by atoms with Crippen molar-refractivity contribution in [1.82, 2.24) is 77.3 Å². The molecule has 672 valence electrons. The maximum Gasteiger partial charge on any atom is 0.407 e. The van der Waals surface area contributed by atoms with Crippen LogP contribution in [0.1, 0.15) is 128 Å². The number of nitrogens with one attached hydrogen (secondary N) is 13. The lowest BCUT2D eigenvalue weighted by atomic mass is 9.98. The van der Waals surface area contributed by atoms with Crippen LogP contribution in [0, 0.1) is 0 Å². The lowest BCUT2D eigenvalue weighted by molar-refractivity contribution is -0.148. The molecule has 2 aliphatic heterocycles. The van der Waals surface area contributed by atoms with E-state index in [0.717, 1.165) is 76.8 Å². The van der Waals surface area contributed by atoms with Crippen LogP contribution in [0.25, 0.3) is 65.6 Å². The number of benzene rings is 7. The summed E-state index contributed by atoms with van der Waals surface area (Å²) in [6.45, 7) is 0.939. The predicted octanol–water partition coefficient (Wildman–Crippen LogP) is 8.36. The molecule has 3 aliphatic rings. The van der Waals surface area contributed by atoms with E-state index in [1.807, 2.05) is 170 Å². The Balaban J connectivity index is 0.667. The molecule has 2 saturated heterocycles. The molecule has 1 aliphatic carbocycles. The van der Waals surface area contributed by atoms with Gasteiger partial charge in [-0.15, -0.1) is 0 Å². The summed E-state index contributed by atoms with van der Waals surface area (Å²) in [5.74, 6) is -7.90. The number of fused-ring (bicyclic) bond motifs is 8. The molecule has 20 N–H and O–H groups in total. The number of carboxylic acids is 1. The highest BCUT2D eigenvalue weighted by atomic mass is 16.5. The Morgan fingerprint density at radius 3 is 1.06 bits per heavy atom. The van der Waals surface area contributed by atoms with Crippen molar-refractivity contribution in [3.05, 3.63) is 240 Å². The normalized spacial score (nSPS) is 16.1. The van der Waals surface area contributed by atoms with Crippen molar-refractivity contribution >= 4 is 120 Å². The summed E-state index contributed by atoms with van der Waals surface area (Å²) < 4.78 is 6.02. The summed E-state index contributed by atoms with van der Waals surface area (Å²) in [5.41, 5.74) is 29.3. The van der Waals surface area contributed by atoms with E-state index in [2.05, 4.69) is 67.5 Å². The van der Waals surface area contributed by atoms with E-state index >= 15 is 38.4 Å². The zero-order valence-electron chi connectivity index (χ0n) is 71.8. The van der Waals surface area contributed by atoms with Gasteiger partial charge in [0.2, 0.25) is 53.2 Å². The number of hydrogen-bond donors (Lipinski definition) is 17. The van der Waals surface area contributed by atoms with Gasteiger partial charge in [0, 0.05) is 137 Å². The number of hydrogen-bond acceptors (Lipinski definition) is 15. The molecule has 129 heavy (non-hydrogen) atoms. The largest absolute Gasteiger partial charge is 0.480 e. The molecule has 12 aromatic rings. The topological polar surface area (TPSA) is 477 Å². The maximum atomic E-state index is 15.9. The Labute approximate surface area is 745 Å². The van der Waals surface area contributed by atoms with Gasteiger partial charge in [-0.05, 0) is 184 Å². The van der Waals surface area contributed by atoms with Crippen molar-refractivity contribution in [2.75, 3.05) is 39.3 Å². The van der Waals surface area contributed by atoms with Crippen molar-refractivity contribution in [3.8, 4) is 11.1 Å². The van der Waals surface area contributed by atoms with Crippen LogP contribution in [0.3, 0.4) is 0 Å². The molecule has 0 saturated carbocycles. The van der Waals surface area contributed by atoms with Gasteiger partial charge in [-0.2, -0.15) is 0 Å². The summed E-state index contributed by atoms with van der Waals surface area (Å²) >= 11 is 0. The molecule has 10 atom stereocenters. The smallest absolute Gasteiger partial charge is 0.407 e. The number of carboxylic acid groups (broad SMARTS) is 1. The number of likely N-dealkylation sites (tertiary alicyclic amines) is 2. The predicted molar refractivity (Wildman–Crippen MR) is 491 cm³/mol. The monoisotopic (exact) mass is 1750 g/mol. The zero-order valence-corrected chi connectivity index (χ0v) is 71.8. The van der Waals surface area contributed by atoms with Crippen LogP contribution in [-0.2, 0) is 84.8 Å². The lowest BCUT2D eigenvalue weighted by Gasteiger charge is -2.34. The van der Waals surface area contributed by atoms with Gasteiger partial charge < -0.3 is 104 Å². The fraction of sp³-hybridized carbons (Fsp3) is 0.357. The van der Waals surface area contributed by atoms with E-state index in [4.69, 9.17) is 21.9 Å². The molecule has 5 aromatic heterocycles. The average Bonchev–Trinajstić information content (AvgIpc) is 1.61. The number of nitrogens with zero attached hydrogens (tertiary/aromatic N) is 2. The summed E-state index contributed by atoms with van der Waals surface area (Å²) in [6.07, 6.45) is 11.1. The van der Waals surface area contributed by atoms with Crippen molar-refractivity contribution in [1.29, 1.82) is 0 Å². The molecule has 7 aromatic carbocycles. The van der Waals surface area contributed by atoms with Gasteiger partial charge in [0.15, 0.2) is 0 Å². The third kappa shape index (κ3) is 21.2. The van der Waals surface area contributed by atoms with E-state index in [1.54, 1.807) is 31.0 Å². The van der Waals surface area contributed by atoms with Crippen molar-refractivity contribution in [2.45, 2.75) is 182 Å². The van der Waals surface area contributed by atoms with Crippen molar-refractivity contribution < 1.29 is 62.6 Å². The molecule has 0 spiro atoms. The van der Waals surface area contributed by atoms with Crippen LogP contribution < -0.4 is 59.7 Å². The number of nitrogens with two attached hydrogens (primary N) is 3. The molecular weight excluding hydrogens is 1640 g/mol. The fourth-order valence-corrected chi connectivity index (χ4v) is 18.6. The lowest BCUT2D eigenvalue weighted by Crippen LogP contribution is -2.61. The minimum absolute atomic E-state index is 0.0152. The number of carbonyl (C=O) groups is 11. The van der Waals surface area contributed by atoms with Crippen LogP contribution >= 0.6 is 0 Å². The first kappa shape index (κ1) is 89.9. The van der Waals surface area contributed by atoms with Crippen LogP contribution in [0.4, 0.5) is 4.79 Å². The summed E-state index contributed by atoms with van der Waals surface area (Å²) in [4.78, 5) is 185. The quantitative estimate of drug-likeness (QED) is 0.0160. The number of carbonyl (C=O) groups excluding carboxylic acids is 10. The SMILES string of the molecule is NCCCC[C@@H](NC(=O)[C@@H](Cc1c[nH]c2ccccc12)NC(=O)[C@@H]1CCCN1C(=O)[C@H]1CCCN1C(=O)[C@@H](Cc1c[nH]c2ccccc12)NC(=O)[C@@H](CCCCN)NC(=O)[C@@H](Cc1c[nH]c2ccccc12)NC(=O)[C@@H](CCCCN)NC(=O)[C@@H](Cc1c[nH]c2ccccc12)NC(=O)OCC1c2ccccc2-c2ccccc21)C(=O)N[C@H](Cc1c[nH]c2ccccc12)C(=O)O. The first-order chi connectivity index (χ1) is 62.8. The highest BCUT2D eigenvalue weighted by Crippen LogP contribution is 2.45. The average molecular weight is 1750 g/mol. The number of aromatic amines is 5. The van der Waals surface area contributed by atoms with E-state index in [9.17, 15) is 19.5 Å². The Morgan fingerprint density at radius 1 is 0.357 bits per heavy atom. The van der Waals surface area contributed by atoms with Crippen LogP contribution in [0.2, 0.25) is 0 Å². The number of rotatable bonds is 42. The third-order valence-electron chi connectivity index (χ3n) is 25.3. The summed E-state index contributed by atoms with van der Waals surface area (Å²) in [6, 6.07) is 40.0. The van der Waals surface area contributed by atoms with Crippen molar-refractivity contribution in [2.24, 2.45) is 17.2 Å². The minimum Gasteiger partial charge on any atom is -0.480 e. The van der Waals surface area contributed by atoms with Gasteiger partial charge in [-0.3, -0.25) is 43.2 Å². The second-order valence-electron chi connectivity index (χ2n) is 33.8. The first-order valence-corrected chi connectivity index (χ1v) is 44.7. The number of H-pyrrole nitrogens is 5. The van der Waals surface area contributed by atoms with Gasteiger partial charge >= 0.3 is 12.1 Å². The molecular formula is C98H112N18O13. The molecule has 0 bridgehead atoms. The highest BCUT2D eigenvalue weighted by molar-refractivity contribution is 6.01. The van der Waals surface area contributed by atoms with Crippen LogP contribution in [0.5, 0.6) is 0 Å². The fourth-order valence-electron chi connectivity index (χ4n) is 18.6. The van der Waals surface area contributed by atoms with Gasteiger partial charge in [-0.25, -0.2) is 9.59 Å². The van der Waals surface area contributed by atoms with Gasteiger partial charge in [0.25, 0.3) is 0 Å². The van der Waals surface area contributed by atoms with Gasteiger partial charge in [-0.1, -0.05) is 140 Å². The van der Waals surface area contributed by atoms with Gasteiger partial charge in [0.05, 0.1) is 0 Å². The molecule has 31 nitrogen and oxygen atoms in total. The van der Waals surface area contributed by atoms with E-state index in [1.165, 1.54) is 9.80 Å². The second-order valence-corrected chi connectivity index (χ2v) is 33.8. The number of amides is 10. The van der Waals surface area contributed by atoms with Gasteiger partial charge in [0.1, 0.15) is 67.0 Å². The maximum absolute atomic E-state index is 15.9. The summed E-state index contributed by atoms with van der Waals surface area (Å²) in [7, 11) is 0. The number of para-hydroxylation sites is 5. The Morgan fingerprint density at radius 2 is 0.667 bits per heavy atom. The standard InChI is InChI=1S/C98H112N18O13/c99-42-18-15-37-78(109-93(122)83(49-60-54-104-75-34-12-7-25-65(60)75)114-98(128)129-57-72-70-30-3-1-28-68(70)69-29-2-4-31-71(69)72)88(117)110-81(47-58-52-102-73-32-10-5-23-63(58)73)91(120)107-79(38-16-19-43-100)89(118)112-84(50-61-55-105-76-35-13-8-26-66(61)76)95(124)116-46-22-41-87(116)96(125)115-45-21-40-86(115)94(123)111-82(48-59-53-103-74-33-11-6-24-64(59)74)92(121)108-80(39-17-20-44-101)90(119)113-85(97(126)127)51-62-56-106-77-36-14-9-27-67(62)77/h1-14,23-36,52-56,72,78-87,102-106H,15-22,37-51,57,99-101H2,(H,107,120)(H,108,121)(H,109,122)(H,110,117)(H,111,123)(H,112,118)(H,113,119)(H,114,128)(H,126,127)/t78-,79-,80-,81-,82-,83-,84-,85-,86+,87-/m1/s1. The Bertz CT molecular complexity index is 6000.